The molecule has 19 heavy (non-hydrogen) atoms. The fraction of sp³-hybridized carbons (Fsp3) is 0.467. The Labute approximate surface area is 114 Å². The zero-order valence-corrected chi connectivity index (χ0v) is 11.0. The first-order chi connectivity index (χ1) is 9.31. The molecule has 0 spiro atoms. The van der Waals surface area contributed by atoms with Gasteiger partial charge in [-0.1, -0.05) is 30.3 Å². The predicted octanol–water partition coefficient (Wildman–Crippen LogP) is 1.33. The molecule has 0 saturated carbocycles. The van der Waals surface area contributed by atoms with Gasteiger partial charge in [0.15, 0.2) is 0 Å². The van der Waals surface area contributed by atoms with E-state index in [4.69, 9.17) is 5.26 Å². The zero-order valence-electron chi connectivity index (χ0n) is 11.0. The van der Waals surface area contributed by atoms with E-state index in [1.165, 1.54) is 5.56 Å². The first-order valence-corrected chi connectivity index (χ1v) is 6.74. The molecule has 1 saturated heterocycles. The van der Waals surface area contributed by atoms with Crippen LogP contribution in [0.25, 0.3) is 0 Å². The fourth-order valence-electron chi connectivity index (χ4n) is 2.43. The van der Waals surface area contributed by atoms with Crippen LogP contribution in [0.5, 0.6) is 0 Å². The molecule has 1 N–H and O–H groups in total. The van der Waals surface area contributed by atoms with Crippen LogP contribution in [0.4, 0.5) is 0 Å². The first kappa shape index (κ1) is 13.6. The van der Waals surface area contributed by atoms with Crippen LogP contribution in [0.15, 0.2) is 30.3 Å². The summed E-state index contributed by atoms with van der Waals surface area (Å²) in [4.78, 5) is 14.1. The molecule has 1 heterocycles. The standard InChI is InChI=1S/C15H19N3O/c16-9-7-14-15(19)17-10-4-11-18(14)12-8-13-5-2-1-3-6-13/h1-3,5-6,14H,4,7-8,10-12H2,(H,17,19). The molecular weight excluding hydrogens is 238 g/mol. The number of carbonyl (C=O) groups excluding carboxylic acids is 1. The molecule has 1 aliphatic heterocycles. The summed E-state index contributed by atoms with van der Waals surface area (Å²) in [5, 5.41) is 11.8. The van der Waals surface area contributed by atoms with E-state index in [9.17, 15) is 4.79 Å². The second-order valence-electron chi connectivity index (χ2n) is 4.79. The maximum atomic E-state index is 11.9. The van der Waals surface area contributed by atoms with Crippen LogP contribution in [-0.2, 0) is 11.2 Å². The van der Waals surface area contributed by atoms with Crippen molar-refractivity contribution in [2.45, 2.75) is 25.3 Å². The highest BCUT2D eigenvalue weighted by molar-refractivity contribution is 5.82. The van der Waals surface area contributed by atoms with Gasteiger partial charge >= 0.3 is 0 Å². The Hall–Kier alpha value is -1.86. The lowest BCUT2D eigenvalue weighted by Crippen LogP contribution is -2.44. The highest BCUT2D eigenvalue weighted by Crippen LogP contribution is 2.11. The number of hydrogen-bond acceptors (Lipinski definition) is 3. The maximum absolute atomic E-state index is 11.9. The molecule has 1 amide bonds. The fourth-order valence-corrected chi connectivity index (χ4v) is 2.43. The van der Waals surface area contributed by atoms with Crippen LogP contribution in [0.3, 0.4) is 0 Å². The topological polar surface area (TPSA) is 56.1 Å². The van der Waals surface area contributed by atoms with Gasteiger partial charge in [0, 0.05) is 19.6 Å². The molecule has 1 aromatic rings. The average Bonchev–Trinajstić information content (AvgIpc) is 2.61. The van der Waals surface area contributed by atoms with Crippen molar-refractivity contribution in [1.82, 2.24) is 10.2 Å². The Morgan fingerprint density at radius 3 is 2.89 bits per heavy atom. The number of carbonyl (C=O) groups is 1. The van der Waals surface area contributed by atoms with Crippen LogP contribution >= 0.6 is 0 Å². The van der Waals surface area contributed by atoms with Gasteiger partial charge in [-0.15, -0.1) is 0 Å². The molecule has 100 valence electrons. The molecule has 4 nitrogen and oxygen atoms in total. The van der Waals surface area contributed by atoms with E-state index in [1.807, 2.05) is 18.2 Å². The van der Waals surface area contributed by atoms with Crippen LogP contribution < -0.4 is 5.32 Å². The molecule has 1 aromatic carbocycles. The predicted molar refractivity (Wildman–Crippen MR) is 73.4 cm³/mol. The van der Waals surface area contributed by atoms with Crippen molar-refractivity contribution in [3.05, 3.63) is 35.9 Å². The third-order valence-corrected chi connectivity index (χ3v) is 3.48. The zero-order chi connectivity index (χ0) is 13.5. The molecule has 2 rings (SSSR count). The Bertz CT molecular complexity index is 452. The Morgan fingerprint density at radius 1 is 1.37 bits per heavy atom. The van der Waals surface area contributed by atoms with Crippen LogP contribution in [-0.4, -0.2) is 36.5 Å². The molecule has 0 radical (unpaired) electrons. The lowest BCUT2D eigenvalue weighted by molar-refractivity contribution is -0.125. The van der Waals surface area contributed by atoms with E-state index in [2.05, 4.69) is 28.4 Å². The number of amides is 1. The van der Waals surface area contributed by atoms with Gasteiger partial charge in [-0.3, -0.25) is 9.69 Å². The Balaban J connectivity index is 1.99. The van der Waals surface area contributed by atoms with Gasteiger partial charge < -0.3 is 5.32 Å². The summed E-state index contributed by atoms with van der Waals surface area (Å²) in [6.07, 6.45) is 2.12. The van der Waals surface area contributed by atoms with Crippen LogP contribution in [0.2, 0.25) is 0 Å². The maximum Gasteiger partial charge on any atom is 0.238 e. The van der Waals surface area contributed by atoms with Gasteiger partial charge in [0.25, 0.3) is 0 Å². The third kappa shape index (κ3) is 3.80. The SMILES string of the molecule is N#CCC1C(=O)NCCCN1CCc1ccccc1. The molecule has 1 aliphatic rings. The monoisotopic (exact) mass is 257 g/mol. The minimum Gasteiger partial charge on any atom is -0.355 e. The smallest absolute Gasteiger partial charge is 0.238 e. The van der Waals surface area contributed by atoms with Gasteiger partial charge in [-0.2, -0.15) is 5.26 Å². The molecule has 1 unspecified atom stereocenters. The summed E-state index contributed by atoms with van der Waals surface area (Å²) >= 11 is 0. The molecule has 4 heteroatoms. The first-order valence-electron chi connectivity index (χ1n) is 6.74. The Morgan fingerprint density at radius 2 is 2.16 bits per heavy atom. The van der Waals surface area contributed by atoms with Gasteiger partial charge in [0.1, 0.15) is 6.04 Å². The highest BCUT2D eigenvalue weighted by atomic mass is 16.2. The van der Waals surface area contributed by atoms with E-state index in [1.54, 1.807) is 0 Å². The molecule has 0 aliphatic carbocycles. The summed E-state index contributed by atoms with van der Waals surface area (Å²) in [7, 11) is 0. The quantitative estimate of drug-likeness (QED) is 0.885. The molecule has 1 fully saturated rings. The lowest BCUT2D eigenvalue weighted by atomic mass is 10.1. The minimum absolute atomic E-state index is 0.00730. The van der Waals surface area contributed by atoms with E-state index in [0.717, 1.165) is 25.9 Å². The Kier molecular flexibility index (Phi) is 4.93. The number of nitrogens with one attached hydrogen (secondary N) is 1. The van der Waals surface area contributed by atoms with Crippen molar-refractivity contribution in [2.24, 2.45) is 0 Å². The van der Waals surface area contributed by atoms with Crippen molar-refractivity contribution < 1.29 is 4.79 Å². The van der Waals surface area contributed by atoms with E-state index >= 15 is 0 Å². The van der Waals surface area contributed by atoms with Crippen molar-refractivity contribution >= 4 is 5.91 Å². The highest BCUT2D eigenvalue weighted by Gasteiger charge is 2.27. The summed E-state index contributed by atoms with van der Waals surface area (Å²) in [5.74, 6) is -0.00730. The third-order valence-electron chi connectivity index (χ3n) is 3.48. The number of nitriles is 1. The van der Waals surface area contributed by atoms with Gasteiger partial charge in [-0.25, -0.2) is 0 Å². The summed E-state index contributed by atoms with van der Waals surface area (Å²) in [6, 6.07) is 12.1. The molecule has 0 aromatic heterocycles. The summed E-state index contributed by atoms with van der Waals surface area (Å²) < 4.78 is 0. The van der Waals surface area contributed by atoms with Crippen molar-refractivity contribution in [3.8, 4) is 6.07 Å². The van der Waals surface area contributed by atoms with Crippen molar-refractivity contribution in [1.29, 1.82) is 5.26 Å². The minimum atomic E-state index is -0.295. The second kappa shape index (κ2) is 6.91. The van der Waals surface area contributed by atoms with Crippen LogP contribution in [0, 0.1) is 11.3 Å². The number of nitrogens with zero attached hydrogens (tertiary/aromatic N) is 2. The summed E-state index contributed by atoms with van der Waals surface area (Å²) in [5.41, 5.74) is 1.27. The average molecular weight is 257 g/mol. The number of rotatable bonds is 4. The van der Waals surface area contributed by atoms with Crippen LogP contribution in [0.1, 0.15) is 18.4 Å². The van der Waals surface area contributed by atoms with Gasteiger partial charge in [0.05, 0.1) is 12.5 Å². The number of benzene rings is 1. The number of hydrogen-bond donors (Lipinski definition) is 1. The van der Waals surface area contributed by atoms with E-state index < -0.39 is 0 Å². The lowest BCUT2D eigenvalue weighted by Gasteiger charge is -2.26. The summed E-state index contributed by atoms with van der Waals surface area (Å²) in [6.45, 7) is 2.41. The molecule has 0 bridgehead atoms. The van der Waals surface area contributed by atoms with Gasteiger partial charge in [0.2, 0.25) is 5.91 Å². The largest absolute Gasteiger partial charge is 0.355 e. The van der Waals surface area contributed by atoms with Crippen molar-refractivity contribution in [3.63, 3.8) is 0 Å². The molecule has 1 atom stereocenters. The van der Waals surface area contributed by atoms with Gasteiger partial charge in [-0.05, 0) is 18.4 Å². The van der Waals surface area contributed by atoms with Crippen molar-refractivity contribution in [2.75, 3.05) is 19.6 Å². The second-order valence-corrected chi connectivity index (χ2v) is 4.79. The normalized spacial score (nSPS) is 20.4. The molecular formula is C15H19N3O. The van der Waals surface area contributed by atoms with E-state index in [0.29, 0.717) is 6.54 Å². The van der Waals surface area contributed by atoms with E-state index in [-0.39, 0.29) is 18.4 Å².